The van der Waals surface area contributed by atoms with Gasteiger partial charge in [-0.3, -0.25) is 9.03 Å². The molecule has 0 saturated carbocycles. The topological polar surface area (TPSA) is 92.8 Å². The number of hydrogen-bond acceptors (Lipinski definition) is 5. The van der Waals surface area contributed by atoms with Crippen LogP contribution in [-0.2, 0) is 26.5 Å². The van der Waals surface area contributed by atoms with Gasteiger partial charge in [-0.2, -0.15) is 0 Å². The fourth-order valence-electron chi connectivity index (χ4n) is 2.98. The molecule has 0 fully saturated rings. The second-order valence-corrected chi connectivity index (χ2v) is 9.77. The van der Waals surface area contributed by atoms with Crippen molar-refractivity contribution in [2.45, 2.75) is 17.7 Å². The lowest BCUT2D eigenvalue weighted by molar-refractivity contribution is 0.385. The van der Waals surface area contributed by atoms with Gasteiger partial charge in [0.25, 0.3) is 10.0 Å². The molecule has 10 heteroatoms. The first-order valence-electron chi connectivity index (χ1n) is 8.09. The van der Waals surface area contributed by atoms with Gasteiger partial charge in [-0.05, 0) is 48.7 Å². The summed E-state index contributed by atoms with van der Waals surface area (Å²) in [6, 6.07) is 8.05. The molecule has 27 heavy (non-hydrogen) atoms. The third-order valence-corrected chi connectivity index (χ3v) is 6.81. The first kappa shape index (κ1) is 19.4. The minimum absolute atomic E-state index is 0.0634. The van der Waals surface area contributed by atoms with E-state index in [9.17, 15) is 21.2 Å². The lowest BCUT2D eigenvalue weighted by Crippen LogP contribution is -2.34. The predicted octanol–water partition coefficient (Wildman–Crippen LogP) is 2.35. The van der Waals surface area contributed by atoms with Crippen molar-refractivity contribution < 1.29 is 26.0 Å². The number of nitrogens with zero attached hydrogens (tertiary/aromatic N) is 1. The Balaban J connectivity index is 1.95. The zero-order valence-corrected chi connectivity index (χ0v) is 16.4. The third kappa shape index (κ3) is 4.01. The maximum absolute atomic E-state index is 13.8. The van der Waals surface area contributed by atoms with Gasteiger partial charge in [0, 0.05) is 6.54 Å². The monoisotopic (exact) mass is 414 g/mol. The molecule has 0 spiro atoms. The standard InChI is InChI=1S/C17H19FN2O5S2/c1-25-17-8-7-14(11-15(17)18)27(23,24)19-13-6-5-12-4-3-9-20(16(12)10-13)26(2,21)22/h5-8,10-11,19H,3-4,9H2,1-2H3. The van der Waals surface area contributed by atoms with Crippen LogP contribution in [-0.4, -0.2) is 36.7 Å². The molecule has 2 aromatic rings. The summed E-state index contributed by atoms with van der Waals surface area (Å²) in [6.07, 6.45) is 2.51. The van der Waals surface area contributed by atoms with E-state index in [1.54, 1.807) is 12.1 Å². The van der Waals surface area contributed by atoms with Crippen molar-refractivity contribution in [3.05, 3.63) is 47.8 Å². The highest BCUT2D eigenvalue weighted by atomic mass is 32.2. The molecule has 0 radical (unpaired) electrons. The molecule has 7 nitrogen and oxygen atoms in total. The van der Waals surface area contributed by atoms with Gasteiger partial charge < -0.3 is 4.74 Å². The number of sulfonamides is 2. The quantitative estimate of drug-likeness (QED) is 0.811. The Kier molecular flexibility index (Phi) is 5.04. The maximum Gasteiger partial charge on any atom is 0.262 e. The van der Waals surface area contributed by atoms with Gasteiger partial charge in [0.2, 0.25) is 10.0 Å². The first-order valence-corrected chi connectivity index (χ1v) is 11.4. The van der Waals surface area contributed by atoms with Gasteiger partial charge >= 0.3 is 0 Å². The van der Waals surface area contributed by atoms with Crippen molar-refractivity contribution in [1.29, 1.82) is 0 Å². The predicted molar refractivity (Wildman–Crippen MR) is 101 cm³/mol. The summed E-state index contributed by atoms with van der Waals surface area (Å²) in [5, 5.41) is 0. The average molecular weight is 414 g/mol. The number of benzene rings is 2. The Morgan fingerprint density at radius 2 is 1.85 bits per heavy atom. The number of anilines is 2. The van der Waals surface area contributed by atoms with Crippen LogP contribution in [0.1, 0.15) is 12.0 Å². The van der Waals surface area contributed by atoms with Crippen LogP contribution in [0.3, 0.4) is 0 Å². The van der Waals surface area contributed by atoms with Crippen LogP contribution in [0, 0.1) is 5.82 Å². The van der Waals surface area contributed by atoms with E-state index >= 15 is 0 Å². The van der Waals surface area contributed by atoms with Gasteiger partial charge in [0.05, 0.1) is 29.6 Å². The highest BCUT2D eigenvalue weighted by Gasteiger charge is 2.25. The fraction of sp³-hybridized carbons (Fsp3) is 0.294. The molecule has 1 heterocycles. The van der Waals surface area contributed by atoms with Crippen LogP contribution in [0.5, 0.6) is 5.75 Å². The van der Waals surface area contributed by atoms with E-state index in [0.29, 0.717) is 25.1 Å². The Bertz CT molecular complexity index is 1080. The van der Waals surface area contributed by atoms with E-state index < -0.39 is 25.9 Å². The Morgan fingerprint density at radius 1 is 1.11 bits per heavy atom. The molecule has 146 valence electrons. The summed E-state index contributed by atoms with van der Waals surface area (Å²) < 4.78 is 71.3. The smallest absolute Gasteiger partial charge is 0.262 e. The van der Waals surface area contributed by atoms with E-state index in [1.807, 2.05) is 0 Å². The van der Waals surface area contributed by atoms with E-state index in [0.717, 1.165) is 17.9 Å². The minimum atomic E-state index is -4.05. The summed E-state index contributed by atoms with van der Waals surface area (Å²) in [6.45, 7) is 0.339. The molecule has 2 aromatic carbocycles. The van der Waals surface area contributed by atoms with Crippen molar-refractivity contribution in [3.8, 4) is 5.75 Å². The molecule has 0 aliphatic carbocycles. The number of rotatable bonds is 5. The summed E-state index contributed by atoms with van der Waals surface area (Å²) >= 11 is 0. The second-order valence-electron chi connectivity index (χ2n) is 6.18. The molecule has 0 bridgehead atoms. The van der Waals surface area contributed by atoms with Crippen LogP contribution >= 0.6 is 0 Å². The molecule has 0 saturated heterocycles. The van der Waals surface area contributed by atoms with Crippen LogP contribution in [0.4, 0.5) is 15.8 Å². The molecule has 1 aliphatic heterocycles. The van der Waals surface area contributed by atoms with Crippen LogP contribution in [0.25, 0.3) is 0 Å². The van der Waals surface area contributed by atoms with Crippen molar-refractivity contribution in [3.63, 3.8) is 0 Å². The largest absolute Gasteiger partial charge is 0.494 e. The molecule has 1 aliphatic rings. The van der Waals surface area contributed by atoms with E-state index in [1.165, 1.54) is 29.6 Å². The molecular weight excluding hydrogens is 395 g/mol. The molecule has 0 aromatic heterocycles. The number of nitrogens with one attached hydrogen (secondary N) is 1. The minimum Gasteiger partial charge on any atom is -0.494 e. The van der Waals surface area contributed by atoms with Crippen LogP contribution in [0.2, 0.25) is 0 Å². The maximum atomic E-state index is 13.8. The Labute approximate surface area is 157 Å². The molecular formula is C17H19FN2O5S2. The summed E-state index contributed by atoms with van der Waals surface area (Å²) in [7, 11) is -6.24. The van der Waals surface area contributed by atoms with Gasteiger partial charge in [-0.25, -0.2) is 21.2 Å². The van der Waals surface area contributed by atoms with Gasteiger partial charge in [0.15, 0.2) is 11.6 Å². The van der Waals surface area contributed by atoms with Gasteiger partial charge in [-0.1, -0.05) is 6.07 Å². The zero-order chi connectivity index (χ0) is 19.8. The van der Waals surface area contributed by atoms with Gasteiger partial charge in [0.1, 0.15) is 0 Å². The van der Waals surface area contributed by atoms with E-state index in [-0.39, 0.29) is 16.3 Å². The number of methoxy groups -OCH3 is 1. The highest BCUT2D eigenvalue weighted by Crippen LogP contribution is 2.32. The summed E-state index contributed by atoms with van der Waals surface area (Å²) in [5.74, 6) is -0.861. The molecule has 3 rings (SSSR count). The summed E-state index contributed by atoms with van der Waals surface area (Å²) in [5.41, 5.74) is 1.47. The number of ether oxygens (including phenoxy) is 1. The SMILES string of the molecule is COc1ccc(S(=O)(=O)Nc2ccc3c(c2)N(S(C)(=O)=O)CCC3)cc1F. The Morgan fingerprint density at radius 3 is 2.48 bits per heavy atom. The zero-order valence-electron chi connectivity index (χ0n) is 14.8. The lowest BCUT2D eigenvalue weighted by atomic mass is 10.0. The number of aryl methyl sites for hydroxylation is 1. The van der Waals surface area contributed by atoms with Crippen molar-refractivity contribution in [1.82, 2.24) is 0 Å². The first-order chi connectivity index (χ1) is 12.6. The van der Waals surface area contributed by atoms with Crippen LogP contribution in [0.15, 0.2) is 41.3 Å². The fourth-order valence-corrected chi connectivity index (χ4v) is 5.03. The molecule has 1 N–H and O–H groups in total. The Hall–Kier alpha value is -2.33. The molecule has 0 atom stereocenters. The average Bonchev–Trinajstić information content (AvgIpc) is 2.60. The normalized spacial score (nSPS) is 14.6. The van der Waals surface area contributed by atoms with E-state index in [4.69, 9.17) is 4.74 Å². The summed E-state index contributed by atoms with van der Waals surface area (Å²) in [4.78, 5) is -0.265. The van der Waals surface area contributed by atoms with Crippen molar-refractivity contribution in [2.75, 3.05) is 28.9 Å². The van der Waals surface area contributed by atoms with E-state index in [2.05, 4.69) is 4.72 Å². The van der Waals surface area contributed by atoms with Crippen molar-refractivity contribution >= 4 is 31.4 Å². The molecule has 0 unspecified atom stereocenters. The third-order valence-electron chi connectivity index (χ3n) is 4.25. The number of fused-ring (bicyclic) bond motifs is 1. The lowest BCUT2D eigenvalue weighted by Gasteiger charge is -2.29. The highest BCUT2D eigenvalue weighted by molar-refractivity contribution is 7.92. The number of hydrogen-bond donors (Lipinski definition) is 1. The van der Waals surface area contributed by atoms with Crippen molar-refractivity contribution in [2.24, 2.45) is 0 Å². The van der Waals surface area contributed by atoms with Gasteiger partial charge in [-0.15, -0.1) is 0 Å². The van der Waals surface area contributed by atoms with Crippen LogP contribution < -0.4 is 13.8 Å². The number of halogens is 1. The molecule has 0 amide bonds. The second kappa shape index (κ2) is 7.01.